The van der Waals surface area contributed by atoms with E-state index in [0.717, 1.165) is 11.3 Å². The Balaban J connectivity index is 2.00. The number of ether oxygens (including phenoxy) is 1. The van der Waals surface area contributed by atoms with Crippen molar-refractivity contribution >= 4 is 23.5 Å². The Morgan fingerprint density at radius 3 is 2.48 bits per heavy atom. The van der Waals surface area contributed by atoms with Gasteiger partial charge in [-0.3, -0.25) is 5.43 Å². The van der Waals surface area contributed by atoms with Gasteiger partial charge in [0.25, 0.3) is 0 Å². The molecule has 4 heteroatoms. The van der Waals surface area contributed by atoms with Crippen molar-refractivity contribution in [2.24, 2.45) is 5.10 Å². The third-order valence-corrected chi connectivity index (χ3v) is 3.07. The number of nitrogens with one attached hydrogen (secondary N) is 1. The summed E-state index contributed by atoms with van der Waals surface area (Å²) in [6.07, 6.45) is 1.83. The molecule has 21 heavy (non-hydrogen) atoms. The van der Waals surface area contributed by atoms with Gasteiger partial charge in [-0.1, -0.05) is 29.3 Å². The van der Waals surface area contributed by atoms with Crippen molar-refractivity contribution in [1.82, 2.24) is 0 Å². The van der Waals surface area contributed by atoms with Crippen LogP contribution in [0.15, 0.2) is 47.6 Å². The summed E-state index contributed by atoms with van der Waals surface area (Å²) in [6, 6.07) is 13.6. The van der Waals surface area contributed by atoms with E-state index in [4.69, 9.17) is 16.3 Å². The topological polar surface area (TPSA) is 33.6 Å². The van der Waals surface area contributed by atoms with Crippen LogP contribution in [0, 0.1) is 6.92 Å². The molecule has 0 aromatic heterocycles. The Morgan fingerprint density at radius 1 is 1.14 bits per heavy atom. The van der Waals surface area contributed by atoms with E-state index in [9.17, 15) is 0 Å². The van der Waals surface area contributed by atoms with Gasteiger partial charge in [-0.05, 0) is 56.7 Å². The second-order valence-corrected chi connectivity index (χ2v) is 5.50. The monoisotopic (exact) mass is 302 g/mol. The zero-order valence-corrected chi connectivity index (χ0v) is 13.2. The Labute approximate surface area is 130 Å². The van der Waals surface area contributed by atoms with Crippen LogP contribution in [0.5, 0.6) is 5.75 Å². The molecular weight excluding hydrogens is 284 g/mol. The number of nitrogens with zero attached hydrogens (tertiary/aromatic N) is 1. The standard InChI is InChI=1S/C17H19ClN2O/c1-12(2)21-17-9-6-14(10-16(17)18)11-19-20-15-7-4-13(3)5-8-15/h4-12,20H,1-3H3/b19-11+. The maximum atomic E-state index is 6.18. The Kier molecular flexibility index (Phi) is 5.23. The summed E-state index contributed by atoms with van der Waals surface area (Å²) >= 11 is 6.18. The highest BCUT2D eigenvalue weighted by Gasteiger charge is 2.04. The van der Waals surface area contributed by atoms with Crippen molar-refractivity contribution in [1.29, 1.82) is 0 Å². The van der Waals surface area contributed by atoms with Gasteiger partial charge in [0.2, 0.25) is 0 Å². The lowest BCUT2D eigenvalue weighted by Crippen LogP contribution is -2.05. The molecule has 1 N–H and O–H groups in total. The molecule has 3 nitrogen and oxygen atoms in total. The summed E-state index contributed by atoms with van der Waals surface area (Å²) < 4.78 is 5.59. The molecule has 0 heterocycles. The minimum atomic E-state index is 0.102. The number of hydrogen-bond donors (Lipinski definition) is 1. The summed E-state index contributed by atoms with van der Waals surface area (Å²) in [7, 11) is 0. The molecule has 2 rings (SSSR count). The number of hydrazone groups is 1. The van der Waals surface area contributed by atoms with Gasteiger partial charge in [-0.2, -0.15) is 5.10 Å². The SMILES string of the molecule is Cc1ccc(N/N=C/c2ccc(OC(C)C)c(Cl)c2)cc1. The Bertz CT molecular complexity index is 621. The van der Waals surface area contributed by atoms with Gasteiger partial charge in [0.15, 0.2) is 0 Å². The largest absolute Gasteiger partial charge is 0.489 e. The van der Waals surface area contributed by atoms with Gasteiger partial charge in [0.1, 0.15) is 5.75 Å². The number of anilines is 1. The first-order valence-electron chi connectivity index (χ1n) is 6.86. The van der Waals surface area contributed by atoms with E-state index in [0.29, 0.717) is 10.8 Å². The van der Waals surface area contributed by atoms with Gasteiger partial charge in [0, 0.05) is 0 Å². The van der Waals surface area contributed by atoms with Crippen LogP contribution in [0.1, 0.15) is 25.0 Å². The molecular formula is C17H19ClN2O. The molecule has 0 aliphatic carbocycles. The Morgan fingerprint density at radius 2 is 1.86 bits per heavy atom. The van der Waals surface area contributed by atoms with Gasteiger partial charge in [0.05, 0.1) is 23.0 Å². The number of halogens is 1. The van der Waals surface area contributed by atoms with Crippen LogP contribution in [-0.4, -0.2) is 12.3 Å². The van der Waals surface area contributed by atoms with E-state index in [-0.39, 0.29) is 6.10 Å². The maximum Gasteiger partial charge on any atom is 0.138 e. The summed E-state index contributed by atoms with van der Waals surface area (Å²) in [5, 5.41) is 4.78. The van der Waals surface area contributed by atoms with Gasteiger partial charge in [-0.15, -0.1) is 0 Å². The third kappa shape index (κ3) is 4.80. The van der Waals surface area contributed by atoms with Crippen LogP contribution in [0.3, 0.4) is 0 Å². The van der Waals surface area contributed by atoms with E-state index in [2.05, 4.69) is 17.5 Å². The van der Waals surface area contributed by atoms with Crippen LogP contribution < -0.4 is 10.2 Å². The molecule has 0 saturated carbocycles. The molecule has 0 saturated heterocycles. The molecule has 0 aliphatic heterocycles. The molecule has 0 aliphatic rings. The van der Waals surface area contributed by atoms with E-state index in [1.54, 1.807) is 6.21 Å². The van der Waals surface area contributed by atoms with Crippen LogP contribution in [0.2, 0.25) is 5.02 Å². The van der Waals surface area contributed by atoms with Crippen molar-refractivity contribution < 1.29 is 4.74 Å². The Hall–Kier alpha value is -2.00. The fraction of sp³-hybridized carbons (Fsp3) is 0.235. The fourth-order valence-corrected chi connectivity index (χ4v) is 1.99. The minimum Gasteiger partial charge on any atom is -0.489 e. The molecule has 0 spiro atoms. The minimum absolute atomic E-state index is 0.102. The average molecular weight is 303 g/mol. The first kappa shape index (κ1) is 15.4. The number of hydrogen-bond acceptors (Lipinski definition) is 3. The summed E-state index contributed by atoms with van der Waals surface area (Å²) in [5.74, 6) is 0.690. The van der Waals surface area contributed by atoms with Gasteiger partial charge >= 0.3 is 0 Å². The van der Waals surface area contributed by atoms with Crippen LogP contribution in [0.4, 0.5) is 5.69 Å². The first-order valence-corrected chi connectivity index (χ1v) is 7.24. The molecule has 0 fully saturated rings. The van der Waals surface area contributed by atoms with Crippen LogP contribution in [-0.2, 0) is 0 Å². The number of benzene rings is 2. The third-order valence-electron chi connectivity index (χ3n) is 2.78. The molecule has 110 valence electrons. The van der Waals surface area contributed by atoms with Crippen molar-refractivity contribution in [2.75, 3.05) is 5.43 Å². The highest BCUT2D eigenvalue weighted by Crippen LogP contribution is 2.25. The lowest BCUT2D eigenvalue weighted by molar-refractivity contribution is 0.242. The molecule has 0 atom stereocenters. The zero-order valence-electron chi connectivity index (χ0n) is 12.4. The molecule has 0 amide bonds. The quantitative estimate of drug-likeness (QED) is 0.630. The molecule has 2 aromatic carbocycles. The fourth-order valence-electron chi connectivity index (χ4n) is 1.76. The van der Waals surface area contributed by atoms with Crippen LogP contribution >= 0.6 is 11.6 Å². The van der Waals surface area contributed by atoms with E-state index >= 15 is 0 Å². The predicted octanol–water partition coefficient (Wildman–Crippen LogP) is 4.88. The number of aryl methyl sites for hydroxylation is 1. The van der Waals surface area contributed by atoms with E-state index in [1.807, 2.05) is 56.3 Å². The van der Waals surface area contributed by atoms with E-state index in [1.165, 1.54) is 5.56 Å². The smallest absolute Gasteiger partial charge is 0.138 e. The van der Waals surface area contributed by atoms with Crippen molar-refractivity contribution in [3.8, 4) is 5.75 Å². The average Bonchev–Trinajstić information content (AvgIpc) is 2.43. The van der Waals surface area contributed by atoms with Gasteiger partial charge in [-0.25, -0.2) is 0 Å². The van der Waals surface area contributed by atoms with Crippen molar-refractivity contribution in [3.63, 3.8) is 0 Å². The second kappa shape index (κ2) is 7.14. The predicted molar refractivity (Wildman–Crippen MR) is 89.6 cm³/mol. The lowest BCUT2D eigenvalue weighted by Gasteiger charge is -2.11. The first-order chi connectivity index (χ1) is 10.0. The van der Waals surface area contributed by atoms with Crippen LogP contribution in [0.25, 0.3) is 0 Å². The second-order valence-electron chi connectivity index (χ2n) is 5.09. The summed E-state index contributed by atoms with van der Waals surface area (Å²) in [5.41, 5.74) is 6.06. The number of rotatable bonds is 5. The summed E-state index contributed by atoms with van der Waals surface area (Å²) in [4.78, 5) is 0. The normalized spacial score (nSPS) is 11.1. The van der Waals surface area contributed by atoms with Crippen molar-refractivity contribution in [3.05, 3.63) is 58.6 Å². The lowest BCUT2D eigenvalue weighted by atomic mass is 10.2. The van der Waals surface area contributed by atoms with E-state index < -0.39 is 0 Å². The zero-order chi connectivity index (χ0) is 15.2. The highest BCUT2D eigenvalue weighted by atomic mass is 35.5. The van der Waals surface area contributed by atoms with Gasteiger partial charge < -0.3 is 4.74 Å². The molecule has 0 radical (unpaired) electrons. The van der Waals surface area contributed by atoms with Crippen molar-refractivity contribution in [2.45, 2.75) is 26.9 Å². The molecule has 0 unspecified atom stereocenters. The summed E-state index contributed by atoms with van der Waals surface area (Å²) in [6.45, 7) is 5.99. The highest BCUT2D eigenvalue weighted by molar-refractivity contribution is 6.32. The maximum absolute atomic E-state index is 6.18. The molecule has 2 aromatic rings. The molecule has 0 bridgehead atoms.